The molecule has 1 amide bonds. The molecule has 0 bridgehead atoms. The number of fused-ring (bicyclic) bond motifs is 2. The first kappa shape index (κ1) is 13.1. The third-order valence-electron chi connectivity index (χ3n) is 5.20. The van der Waals surface area contributed by atoms with Gasteiger partial charge in [-0.05, 0) is 31.2 Å². The summed E-state index contributed by atoms with van der Waals surface area (Å²) in [7, 11) is 0. The Morgan fingerprint density at radius 1 is 1.24 bits per heavy atom. The molecule has 4 heteroatoms. The number of benzene rings is 1. The zero-order valence-corrected chi connectivity index (χ0v) is 12.2. The van der Waals surface area contributed by atoms with Crippen LogP contribution in [0, 0.1) is 5.92 Å². The third kappa shape index (κ3) is 2.42. The molecule has 4 rings (SSSR count). The van der Waals surface area contributed by atoms with E-state index < -0.39 is 0 Å². The summed E-state index contributed by atoms with van der Waals surface area (Å²) in [4.78, 5) is 12.5. The second-order valence-corrected chi connectivity index (χ2v) is 6.52. The number of para-hydroxylation sites is 1. The van der Waals surface area contributed by atoms with Gasteiger partial charge >= 0.3 is 0 Å². The van der Waals surface area contributed by atoms with Gasteiger partial charge in [-0.2, -0.15) is 0 Å². The largest absolute Gasteiger partial charge is 0.491 e. The van der Waals surface area contributed by atoms with Crippen LogP contribution in [0.4, 0.5) is 0 Å². The average molecular weight is 286 g/mol. The predicted molar refractivity (Wildman–Crippen MR) is 80.1 cm³/mol. The molecule has 2 aliphatic heterocycles. The van der Waals surface area contributed by atoms with Crippen molar-refractivity contribution in [2.24, 2.45) is 5.92 Å². The quantitative estimate of drug-likeness (QED) is 0.876. The number of hydrogen-bond donors (Lipinski definition) is 2. The number of carbonyl (C=O) groups excluding carboxylic acids is 1. The lowest BCUT2D eigenvalue weighted by Crippen LogP contribution is -2.44. The number of carbonyl (C=O) groups is 1. The highest BCUT2D eigenvalue weighted by Crippen LogP contribution is 2.35. The summed E-state index contributed by atoms with van der Waals surface area (Å²) in [6.07, 6.45) is 6.11. The van der Waals surface area contributed by atoms with E-state index in [2.05, 4.69) is 10.6 Å². The summed E-state index contributed by atoms with van der Waals surface area (Å²) in [5, 5.41) is 6.70. The standard InChI is InChI=1S/C17H22N2O2/c20-17(14-9-11-5-1-3-7-13(11)18-14)19-15-10-21-16-8-4-2-6-12(15)16/h2,4,6,8,11,13-15,18H,1,3,5,7,9-10H2,(H,19,20). The van der Waals surface area contributed by atoms with Crippen LogP contribution in [0.1, 0.15) is 43.7 Å². The van der Waals surface area contributed by atoms with Crippen molar-refractivity contribution in [3.63, 3.8) is 0 Å². The van der Waals surface area contributed by atoms with Gasteiger partial charge in [-0.1, -0.05) is 31.0 Å². The molecule has 1 aromatic carbocycles. The minimum absolute atomic E-state index is 0.00173. The Kier molecular flexibility index (Phi) is 3.34. The maximum atomic E-state index is 12.5. The Hall–Kier alpha value is -1.55. The minimum Gasteiger partial charge on any atom is -0.491 e. The SMILES string of the molecule is O=C(NC1COc2ccccc21)C1CC2CCCCC2N1. The number of ether oxygens (including phenoxy) is 1. The van der Waals surface area contributed by atoms with E-state index in [0.717, 1.165) is 17.7 Å². The summed E-state index contributed by atoms with van der Waals surface area (Å²) in [5.41, 5.74) is 1.10. The van der Waals surface area contributed by atoms with Crippen LogP contribution in [0.2, 0.25) is 0 Å². The first-order chi connectivity index (χ1) is 10.3. The van der Waals surface area contributed by atoms with Crippen LogP contribution >= 0.6 is 0 Å². The van der Waals surface area contributed by atoms with Crippen LogP contribution in [-0.2, 0) is 4.79 Å². The van der Waals surface area contributed by atoms with Gasteiger partial charge in [0.1, 0.15) is 12.4 Å². The lowest BCUT2D eigenvalue weighted by atomic mass is 9.85. The summed E-state index contributed by atoms with van der Waals surface area (Å²) >= 11 is 0. The Morgan fingerprint density at radius 3 is 3.00 bits per heavy atom. The van der Waals surface area contributed by atoms with Crippen molar-refractivity contribution in [3.8, 4) is 5.75 Å². The molecule has 112 valence electrons. The van der Waals surface area contributed by atoms with Gasteiger partial charge < -0.3 is 15.4 Å². The van der Waals surface area contributed by atoms with Crippen molar-refractivity contribution in [2.75, 3.05) is 6.61 Å². The molecule has 0 aromatic heterocycles. The van der Waals surface area contributed by atoms with E-state index >= 15 is 0 Å². The van der Waals surface area contributed by atoms with Gasteiger partial charge in [0.25, 0.3) is 0 Å². The molecule has 1 aliphatic carbocycles. The van der Waals surface area contributed by atoms with Crippen molar-refractivity contribution in [1.82, 2.24) is 10.6 Å². The third-order valence-corrected chi connectivity index (χ3v) is 5.20. The molecule has 4 nitrogen and oxygen atoms in total. The van der Waals surface area contributed by atoms with Crippen LogP contribution in [0.15, 0.2) is 24.3 Å². The fourth-order valence-corrected chi connectivity index (χ4v) is 4.08. The zero-order chi connectivity index (χ0) is 14.2. The van der Waals surface area contributed by atoms with Gasteiger partial charge in [0, 0.05) is 11.6 Å². The van der Waals surface area contributed by atoms with E-state index in [4.69, 9.17) is 4.74 Å². The minimum atomic E-state index is -0.0223. The summed E-state index contributed by atoms with van der Waals surface area (Å²) in [5.74, 6) is 1.73. The van der Waals surface area contributed by atoms with Crippen LogP contribution in [-0.4, -0.2) is 24.6 Å². The molecule has 0 spiro atoms. The highest BCUT2D eigenvalue weighted by molar-refractivity contribution is 5.82. The Morgan fingerprint density at radius 2 is 2.10 bits per heavy atom. The Balaban J connectivity index is 1.41. The number of hydrogen-bond acceptors (Lipinski definition) is 3. The first-order valence-corrected chi connectivity index (χ1v) is 8.09. The van der Waals surface area contributed by atoms with Gasteiger partial charge in [0.15, 0.2) is 0 Å². The lowest BCUT2D eigenvalue weighted by molar-refractivity contribution is -0.123. The monoisotopic (exact) mass is 286 g/mol. The number of nitrogens with one attached hydrogen (secondary N) is 2. The maximum Gasteiger partial charge on any atom is 0.237 e. The molecule has 3 aliphatic rings. The second-order valence-electron chi connectivity index (χ2n) is 6.52. The van der Waals surface area contributed by atoms with Gasteiger partial charge in [0.2, 0.25) is 5.91 Å². The molecule has 1 saturated heterocycles. The highest BCUT2D eigenvalue weighted by Gasteiger charge is 2.39. The van der Waals surface area contributed by atoms with Gasteiger partial charge in [0.05, 0.1) is 12.1 Å². The van der Waals surface area contributed by atoms with E-state index in [-0.39, 0.29) is 18.0 Å². The smallest absolute Gasteiger partial charge is 0.237 e. The molecule has 4 unspecified atom stereocenters. The predicted octanol–water partition coefficient (Wildman–Crippen LogP) is 2.16. The number of rotatable bonds is 2. The average Bonchev–Trinajstić information content (AvgIpc) is 3.11. The molecule has 2 heterocycles. The first-order valence-electron chi connectivity index (χ1n) is 8.09. The van der Waals surface area contributed by atoms with E-state index in [9.17, 15) is 4.79 Å². The van der Waals surface area contributed by atoms with Crippen LogP contribution in [0.3, 0.4) is 0 Å². The molecular formula is C17H22N2O2. The van der Waals surface area contributed by atoms with Crippen LogP contribution in [0.5, 0.6) is 5.75 Å². The highest BCUT2D eigenvalue weighted by atomic mass is 16.5. The number of amides is 1. The second kappa shape index (κ2) is 5.34. The molecule has 0 radical (unpaired) electrons. The molecule has 1 aromatic rings. The van der Waals surface area contributed by atoms with Crippen molar-refractivity contribution >= 4 is 5.91 Å². The van der Waals surface area contributed by atoms with Crippen molar-refractivity contribution < 1.29 is 9.53 Å². The van der Waals surface area contributed by atoms with Crippen molar-refractivity contribution in [2.45, 2.75) is 50.2 Å². The Bertz CT molecular complexity index is 531. The van der Waals surface area contributed by atoms with Crippen LogP contribution < -0.4 is 15.4 Å². The van der Waals surface area contributed by atoms with Gasteiger partial charge in [-0.15, -0.1) is 0 Å². The summed E-state index contributed by atoms with van der Waals surface area (Å²) in [6.45, 7) is 0.546. The lowest BCUT2D eigenvalue weighted by Gasteiger charge is -2.24. The molecule has 21 heavy (non-hydrogen) atoms. The van der Waals surface area contributed by atoms with E-state index in [0.29, 0.717) is 18.6 Å². The molecular weight excluding hydrogens is 264 g/mol. The van der Waals surface area contributed by atoms with E-state index in [1.165, 1.54) is 25.7 Å². The fourth-order valence-electron chi connectivity index (χ4n) is 4.08. The Labute approximate surface area is 125 Å². The maximum absolute atomic E-state index is 12.5. The van der Waals surface area contributed by atoms with Crippen molar-refractivity contribution in [1.29, 1.82) is 0 Å². The normalized spacial score (nSPS) is 33.9. The molecule has 1 saturated carbocycles. The van der Waals surface area contributed by atoms with Gasteiger partial charge in [-0.3, -0.25) is 4.79 Å². The van der Waals surface area contributed by atoms with Crippen molar-refractivity contribution in [3.05, 3.63) is 29.8 Å². The molecule has 2 N–H and O–H groups in total. The van der Waals surface area contributed by atoms with E-state index in [1.807, 2.05) is 24.3 Å². The summed E-state index contributed by atoms with van der Waals surface area (Å²) < 4.78 is 5.63. The topological polar surface area (TPSA) is 50.4 Å². The fraction of sp³-hybridized carbons (Fsp3) is 0.588. The molecule has 2 fully saturated rings. The van der Waals surface area contributed by atoms with E-state index in [1.54, 1.807) is 0 Å². The molecule has 4 atom stereocenters. The zero-order valence-electron chi connectivity index (χ0n) is 12.2. The van der Waals surface area contributed by atoms with Gasteiger partial charge in [-0.25, -0.2) is 0 Å². The van der Waals surface area contributed by atoms with Crippen LogP contribution in [0.25, 0.3) is 0 Å². The summed E-state index contributed by atoms with van der Waals surface area (Å²) in [6, 6.07) is 8.49.